The molecule has 25 heavy (non-hydrogen) atoms. The number of ether oxygens (including phenoxy) is 1. The number of aryl methyl sites for hydroxylation is 1. The van der Waals surface area contributed by atoms with Crippen LogP contribution in [0.25, 0.3) is 11.0 Å². The van der Waals surface area contributed by atoms with Gasteiger partial charge in [0, 0.05) is 0 Å². The van der Waals surface area contributed by atoms with Crippen LogP contribution in [-0.4, -0.2) is 35.0 Å². The van der Waals surface area contributed by atoms with Gasteiger partial charge in [0.25, 0.3) is 5.91 Å². The normalized spacial score (nSPS) is 11.1. The molecule has 1 amide bonds. The number of hydrogen-bond acceptors (Lipinski definition) is 5. The van der Waals surface area contributed by atoms with E-state index in [0.717, 1.165) is 27.9 Å². The van der Waals surface area contributed by atoms with Gasteiger partial charge in [0.05, 0.1) is 30.1 Å². The summed E-state index contributed by atoms with van der Waals surface area (Å²) in [5.74, 6) is 0.825. The van der Waals surface area contributed by atoms with Crippen LogP contribution in [0.15, 0.2) is 52.7 Å². The van der Waals surface area contributed by atoms with Gasteiger partial charge in [-0.1, -0.05) is 36.0 Å². The second kappa shape index (κ2) is 7.85. The van der Waals surface area contributed by atoms with Gasteiger partial charge in [0.15, 0.2) is 5.16 Å². The molecule has 2 aromatic carbocycles. The molecule has 1 heterocycles. The number of H-pyrrole nitrogens is 1. The number of nitrogens with one attached hydrogen (secondary N) is 2. The maximum atomic E-state index is 11.9. The number of amides is 1. The highest BCUT2D eigenvalue weighted by molar-refractivity contribution is 7.99. The Morgan fingerprint density at radius 2 is 2.20 bits per heavy atom. The summed E-state index contributed by atoms with van der Waals surface area (Å²) in [6.07, 6.45) is 1.59. The molecule has 7 heteroatoms. The lowest BCUT2D eigenvalue weighted by Gasteiger charge is -2.04. The Bertz CT molecular complexity index is 887. The summed E-state index contributed by atoms with van der Waals surface area (Å²) >= 11 is 1.34. The molecule has 128 valence electrons. The summed E-state index contributed by atoms with van der Waals surface area (Å²) in [6, 6.07) is 13.5. The van der Waals surface area contributed by atoms with E-state index in [4.69, 9.17) is 4.74 Å². The van der Waals surface area contributed by atoms with Crippen LogP contribution in [0.1, 0.15) is 11.1 Å². The molecule has 0 unspecified atom stereocenters. The SMILES string of the molecule is COc1cc(/C=N\NC(=O)CSc2nc3ccccc3[nH]2)ccc1C. The van der Waals surface area contributed by atoms with E-state index in [1.54, 1.807) is 13.3 Å². The smallest absolute Gasteiger partial charge is 0.250 e. The number of rotatable bonds is 6. The minimum atomic E-state index is -0.194. The first-order valence-corrected chi connectivity index (χ1v) is 8.68. The molecule has 6 nitrogen and oxygen atoms in total. The third-order valence-electron chi connectivity index (χ3n) is 3.54. The molecule has 0 bridgehead atoms. The molecule has 0 fully saturated rings. The largest absolute Gasteiger partial charge is 0.496 e. The zero-order chi connectivity index (χ0) is 17.6. The first-order chi connectivity index (χ1) is 12.2. The number of thioether (sulfide) groups is 1. The van der Waals surface area contributed by atoms with Gasteiger partial charge < -0.3 is 9.72 Å². The van der Waals surface area contributed by atoms with Crippen LogP contribution in [0.3, 0.4) is 0 Å². The topological polar surface area (TPSA) is 79.4 Å². The summed E-state index contributed by atoms with van der Waals surface area (Å²) in [4.78, 5) is 19.5. The van der Waals surface area contributed by atoms with Crippen LogP contribution in [0, 0.1) is 6.92 Å². The first kappa shape index (κ1) is 17.0. The predicted octanol–water partition coefficient (Wildman–Crippen LogP) is 3.12. The maximum absolute atomic E-state index is 11.9. The second-order valence-electron chi connectivity index (χ2n) is 5.37. The summed E-state index contributed by atoms with van der Waals surface area (Å²) < 4.78 is 5.26. The molecule has 2 N–H and O–H groups in total. The Labute approximate surface area is 149 Å². The summed E-state index contributed by atoms with van der Waals surface area (Å²) in [5, 5.41) is 4.69. The van der Waals surface area contributed by atoms with Crippen molar-refractivity contribution < 1.29 is 9.53 Å². The molecule has 3 rings (SSSR count). The average molecular weight is 354 g/mol. The van der Waals surface area contributed by atoms with Crippen molar-refractivity contribution in [1.29, 1.82) is 0 Å². The minimum absolute atomic E-state index is 0.194. The molecule has 0 aliphatic rings. The summed E-state index contributed by atoms with van der Waals surface area (Å²) in [5.41, 5.74) is 6.26. The highest BCUT2D eigenvalue weighted by atomic mass is 32.2. The zero-order valence-electron chi connectivity index (χ0n) is 13.9. The van der Waals surface area contributed by atoms with Gasteiger partial charge in [-0.15, -0.1) is 0 Å². The number of benzene rings is 2. The second-order valence-corrected chi connectivity index (χ2v) is 6.33. The van der Waals surface area contributed by atoms with E-state index in [1.807, 2.05) is 49.4 Å². The lowest BCUT2D eigenvalue weighted by molar-refractivity contribution is -0.118. The number of carbonyl (C=O) groups excluding carboxylic acids is 1. The van der Waals surface area contributed by atoms with E-state index in [0.29, 0.717) is 5.16 Å². The molecule has 0 aliphatic carbocycles. The van der Waals surface area contributed by atoms with Crippen LogP contribution in [0.4, 0.5) is 0 Å². The molecular weight excluding hydrogens is 336 g/mol. The number of fused-ring (bicyclic) bond motifs is 1. The Morgan fingerprint density at radius 1 is 1.36 bits per heavy atom. The highest BCUT2D eigenvalue weighted by Crippen LogP contribution is 2.19. The van der Waals surface area contributed by atoms with Crippen LogP contribution >= 0.6 is 11.8 Å². The lowest BCUT2D eigenvalue weighted by atomic mass is 10.1. The van der Waals surface area contributed by atoms with Gasteiger partial charge in [-0.2, -0.15) is 5.10 Å². The van der Waals surface area contributed by atoms with E-state index >= 15 is 0 Å². The fourth-order valence-corrected chi connectivity index (χ4v) is 2.94. The average Bonchev–Trinajstić information content (AvgIpc) is 3.04. The van der Waals surface area contributed by atoms with E-state index in [-0.39, 0.29) is 11.7 Å². The molecule has 0 aliphatic heterocycles. The third-order valence-corrected chi connectivity index (χ3v) is 4.42. The fourth-order valence-electron chi connectivity index (χ4n) is 2.26. The number of nitrogens with zero attached hydrogens (tertiary/aromatic N) is 2. The van der Waals surface area contributed by atoms with E-state index in [9.17, 15) is 4.79 Å². The molecule has 1 aromatic heterocycles. The number of methoxy groups -OCH3 is 1. The van der Waals surface area contributed by atoms with Gasteiger partial charge in [-0.25, -0.2) is 10.4 Å². The van der Waals surface area contributed by atoms with Crippen molar-refractivity contribution in [3.05, 3.63) is 53.6 Å². The van der Waals surface area contributed by atoms with Crippen LogP contribution in [0.2, 0.25) is 0 Å². The highest BCUT2D eigenvalue weighted by Gasteiger charge is 2.06. The van der Waals surface area contributed by atoms with Crippen molar-refractivity contribution in [1.82, 2.24) is 15.4 Å². The zero-order valence-corrected chi connectivity index (χ0v) is 14.8. The molecule has 0 atom stereocenters. The molecular formula is C18H18N4O2S. The van der Waals surface area contributed by atoms with Crippen molar-refractivity contribution in [2.24, 2.45) is 5.10 Å². The predicted molar refractivity (Wildman–Crippen MR) is 100 cm³/mol. The number of imidazole rings is 1. The Hall–Kier alpha value is -2.80. The standard InChI is InChI=1S/C18H18N4O2S/c1-12-7-8-13(9-16(12)24-2)10-19-22-17(23)11-25-18-20-14-5-3-4-6-15(14)21-18/h3-10H,11H2,1-2H3,(H,20,21)(H,22,23)/b19-10-. The number of hydrazone groups is 1. The number of para-hydroxylation sites is 2. The monoisotopic (exact) mass is 354 g/mol. The fraction of sp³-hybridized carbons (Fsp3) is 0.167. The van der Waals surface area contributed by atoms with Gasteiger partial charge in [0.1, 0.15) is 5.75 Å². The Morgan fingerprint density at radius 3 is 3.00 bits per heavy atom. The number of aromatic nitrogens is 2. The van der Waals surface area contributed by atoms with Crippen molar-refractivity contribution >= 4 is 34.9 Å². The van der Waals surface area contributed by atoms with Crippen molar-refractivity contribution in [2.45, 2.75) is 12.1 Å². The van der Waals surface area contributed by atoms with Gasteiger partial charge in [-0.3, -0.25) is 4.79 Å². The molecule has 0 saturated carbocycles. The van der Waals surface area contributed by atoms with Crippen LogP contribution in [-0.2, 0) is 4.79 Å². The lowest BCUT2D eigenvalue weighted by Crippen LogP contribution is -2.19. The van der Waals surface area contributed by atoms with E-state index in [1.165, 1.54) is 11.8 Å². The first-order valence-electron chi connectivity index (χ1n) is 7.70. The number of hydrogen-bond donors (Lipinski definition) is 2. The quantitative estimate of drug-likeness (QED) is 0.405. The Kier molecular flexibility index (Phi) is 5.35. The molecule has 0 spiro atoms. The van der Waals surface area contributed by atoms with Gasteiger partial charge >= 0.3 is 0 Å². The van der Waals surface area contributed by atoms with Crippen LogP contribution in [0.5, 0.6) is 5.75 Å². The Balaban J connectivity index is 1.52. The molecule has 3 aromatic rings. The van der Waals surface area contributed by atoms with Gasteiger partial charge in [-0.05, 0) is 36.2 Å². The number of carbonyl (C=O) groups is 1. The molecule has 0 radical (unpaired) electrons. The number of aromatic amines is 1. The van der Waals surface area contributed by atoms with Gasteiger partial charge in [0.2, 0.25) is 0 Å². The summed E-state index contributed by atoms with van der Waals surface area (Å²) in [6.45, 7) is 1.97. The van der Waals surface area contributed by atoms with Crippen molar-refractivity contribution in [3.8, 4) is 5.75 Å². The summed E-state index contributed by atoms with van der Waals surface area (Å²) in [7, 11) is 1.63. The van der Waals surface area contributed by atoms with Crippen molar-refractivity contribution in [3.63, 3.8) is 0 Å². The maximum Gasteiger partial charge on any atom is 0.250 e. The van der Waals surface area contributed by atoms with Crippen LogP contribution < -0.4 is 10.2 Å². The molecule has 0 saturated heterocycles. The third kappa shape index (κ3) is 4.39. The van der Waals surface area contributed by atoms with Crippen molar-refractivity contribution in [2.75, 3.05) is 12.9 Å². The van der Waals surface area contributed by atoms with E-state index < -0.39 is 0 Å². The van der Waals surface area contributed by atoms with E-state index in [2.05, 4.69) is 20.5 Å². The minimum Gasteiger partial charge on any atom is -0.496 e.